The van der Waals surface area contributed by atoms with Crippen LogP contribution in [0.1, 0.15) is 17.3 Å². The van der Waals surface area contributed by atoms with E-state index >= 15 is 0 Å². The smallest absolute Gasteiger partial charge is 0.213 e. The van der Waals surface area contributed by atoms with Gasteiger partial charge in [0.15, 0.2) is 6.29 Å². The molecule has 0 aromatic heterocycles. The van der Waals surface area contributed by atoms with Crippen LogP contribution in [0.5, 0.6) is 0 Å². The fraction of sp³-hybridized carbons (Fsp3) is 0.125. The summed E-state index contributed by atoms with van der Waals surface area (Å²) < 4.78 is 13.5. The molecule has 0 atom stereocenters. The molecule has 4 N–H and O–H groups in total. The second kappa shape index (κ2) is 9.51. The van der Waals surface area contributed by atoms with Crippen LogP contribution in [0, 0.1) is 16.6 Å². The number of benzene rings is 1. The molecular formula is C16H16BrFN4O2. The highest BCUT2D eigenvalue weighted by molar-refractivity contribution is 9.11. The van der Waals surface area contributed by atoms with E-state index in [1.54, 1.807) is 0 Å². The molecule has 6 nitrogen and oxygen atoms in total. The van der Waals surface area contributed by atoms with Crippen LogP contribution in [0.2, 0.25) is 0 Å². The molecule has 0 fully saturated rings. The van der Waals surface area contributed by atoms with Gasteiger partial charge in [0.2, 0.25) is 5.78 Å². The molecule has 0 unspecified atom stereocenters. The number of Topliss-reactive ketones (excluding diaryl/α,β-unsaturated/α-hetero) is 1. The molecule has 1 aromatic rings. The molecule has 0 aliphatic rings. The third-order valence-electron chi connectivity index (χ3n) is 2.86. The maximum absolute atomic E-state index is 13.2. The van der Waals surface area contributed by atoms with Crippen LogP contribution in [0.25, 0.3) is 0 Å². The van der Waals surface area contributed by atoms with Crippen molar-refractivity contribution in [2.75, 3.05) is 11.9 Å². The summed E-state index contributed by atoms with van der Waals surface area (Å²) in [6.07, 6.45) is 3.42. The second-order valence-electron chi connectivity index (χ2n) is 4.45. The highest BCUT2D eigenvalue weighted by Crippen LogP contribution is 2.20. The molecule has 0 spiro atoms. The lowest BCUT2D eigenvalue weighted by atomic mass is 10.1. The largest absolute Gasteiger partial charge is 0.379 e. The molecule has 8 heteroatoms. The fourth-order valence-electron chi connectivity index (χ4n) is 1.77. The maximum atomic E-state index is 13.2. The highest BCUT2D eigenvalue weighted by Gasteiger charge is 2.18. The van der Waals surface area contributed by atoms with Crippen molar-refractivity contribution >= 4 is 46.1 Å². The number of hydrogen-bond donors (Lipinski definition) is 4. The first kappa shape index (κ1) is 19.4. The van der Waals surface area contributed by atoms with E-state index in [1.165, 1.54) is 12.1 Å². The maximum Gasteiger partial charge on any atom is 0.213 e. The minimum Gasteiger partial charge on any atom is -0.379 e. The number of nitrogens with one attached hydrogen (secondary N) is 4. The van der Waals surface area contributed by atoms with Crippen LogP contribution < -0.4 is 10.6 Å². The summed E-state index contributed by atoms with van der Waals surface area (Å²) in [5, 5.41) is 20.2. The number of rotatable bonds is 9. The third kappa shape index (κ3) is 4.95. The summed E-state index contributed by atoms with van der Waals surface area (Å²) in [6, 6.07) is 3.49. The van der Waals surface area contributed by atoms with E-state index in [0.29, 0.717) is 17.4 Å². The van der Waals surface area contributed by atoms with Crippen LogP contribution in [0.4, 0.5) is 10.1 Å². The molecule has 0 saturated carbocycles. The average molecular weight is 395 g/mol. The van der Waals surface area contributed by atoms with E-state index in [1.807, 2.05) is 6.92 Å². The Labute approximate surface area is 147 Å². The van der Waals surface area contributed by atoms with Gasteiger partial charge in [-0.25, -0.2) is 4.39 Å². The van der Waals surface area contributed by atoms with Gasteiger partial charge in [-0.1, -0.05) is 0 Å². The molecule has 0 aliphatic carbocycles. The summed E-state index contributed by atoms with van der Waals surface area (Å²) in [6.45, 7) is 2.37. The molecule has 1 rings (SSSR count). The zero-order valence-electron chi connectivity index (χ0n) is 12.8. The third-order valence-corrected chi connectivity index (χ3v) is 3.57. The predicted octanol–water partition coefficient (Wildman–Crippen LogP) is 3.02. The Morgan fingerprint density at radius 1 is 1.38 bits per heavy atom. The van der Waals surface area contributed by atoms with E-state index in [-0.39, 0.29) is 22.5 Å². The number of aldehydes is 1. The minimum absolute atomic E-state index is 0.0322. The van der Waals surface area contributed by atoms with Crippen LogP contribution >= 0.6 is 15.9 Å². The number of hydrogen-bond acceptors (Lipinski definition) is 6. The van der Waals surface area contributed by atoms with Crippen LogP contribution in [0.3, 0.4) is 0 Å². The summed E-state index contributed by atoms with van der Waals surface area (Å²) >= 11 is 3.19. The van der Waals surface area contributed by atoms with E-state index in [0.717, 1.165) is 24.6 Å². The van der Waals surface area contributed by atoms with E-state index < -0.39 is 11.6 Å². The Hall–Kier alpha value is -2.61. The van der Waals surface area contributed by atoms with Crippen molar-refractivity contribution in [1.29, 1.82) is 10.8 Å². The van der Waals surface area contributed by atoms with Gasteiger partial charge in [-0.2, -0.15) is 0 Å². The Bertz CT molecular complexity index is 729. The van der Waals surface area contributed by atoms with Crippen molar-refractivity contribution in [3.05, 3.63) is 51.5 Å². The minimum atomic E-state index is -0.582. The lowest BCUT2D eigenvalue weighted by molar-refractivity contribution is -0.111. The van der Waals surface area contributed by atoms with Crippen molar-refractivity contribution in [3.63, 3.8) is 0 Å². The van der Waals surface area contributed by atoms with E-state index in [9.17, 15) is 14.0 Å². The summed E-state index contributed by atoms with van der Waals surface area (Å²) in [5.74, 6) is -1.15. The standard InChI is InChI=1S/C16H16BrFN4O2/c1-2-21-16(17)12(8-20)15(24)14(5-6-19)22-13-4-3-11(18)7-10(13)9-23/h3-9,19-22H,2H2,1H3/b14-5-,16-12+,19-6?,20-8?. The Kier molecular flexibility index (Phi) is 7.70. The van der Waals surface area contributed by atoms with Crippen LogP contribution in [-0.4, -0.2) is 31.0 Å². The van der Waals surface area contributed by atoms with Crippen molar-refractivity contribution in [3.8, 4) is 0 Å². The lowest BCUT2D eigenvalue weighted by Crippen LogP contribution is -2.20. The first-order chi connectivity index (χ1) is 11.5. The van der Waals surface area contributed by atoms with Gasteiger partial charge in [0, 0.05) is 30.2 Å². The van der Waals surface area contributed by atoms with Gasteiger partial charge < -0.3 is 21.5 Å². The quantitative estimate of drug-likeness (QED) is 0.223. The number of anilines is 1. The average Bonchev–Trinajstić information content (AvgIpc) is 2.56. The van der Waals surface area contributed by atoms with Gasteiger partial charge in [0.05, 0.1) is 15.9 Å². The lowest BCUT2D eigenvalue weighted by Gasteiger charge is -2.13. The Balaban J connectivity index is 3.25. The molecule has 0 radical (unpaired) electrons. The van der Waals surface area contributed by atoms with Crippen LogP contribution in [0.15, 0.2) is 40.2 Å². The highest BCUT2D eigenvalue weighted by atomic mass is 79.9. The van der Waals surface area contributed by atoms with Gasteiger partial charge in [-0.15, -0.1) is 0 Å². The first-order valence-corrected chi connectivity index (χ1v) is 7.69. The van der Waals surface area contributed by atoms with Crippen molar-refractivity contribution in [2.24, 2.45) is 0 Å². The van der Waals surface area contributed by atoms with Gasteiger partial charge >= 0.3 is 0 Å². The zero-order valence-corrected chi connectivity index (χ0v) is 14.4. The number of allylic oxidation sites excluding steroid dienone is 2. The summed E-state index contributed by atoms with van der Waals surface area (Å²) in [4.78, 5) is 23.6. The number of ketones is 1. The van der Waals surface area contributed by atoms with Crippen molar-refractivity contribution < 1.29 is 14.0 Å². The molecular weight excluding hydrogens is 379 g/mol. The molecule has 0 heterocycles. The molecule has 126 valence electrons. The van der Waals surface area contributed by atoms with E-state index in [2.05, 4.69) is 26.6 Å². The fourth-order valence-corrected chi connectivity index (χ4v) is 2.35. The predicted molar refractivity (Wildman–Crippen MR) is 95.7 cm³/mol. The number of carbonyl (C=O) groups is 2. The molecule has 0 bridgehead atoms. The first-order valence-electron chi connectivity index (χ1n) is 6.89. The van der Waals surface area contributed by atoms with Crippen molar-refractivity contribution in [2.45, 2.75) is 6.92 Å². The SMILES string of the molecule is CCN/C(Br)=C(\C=N)C(=O)/C(=C/C=N)Nc1ccc(F)cc1C=O. The van der Waals surface area contributed by atoms with Crippen molar-refractivity contribution in [1.82, 2.24) is 5.32 Å². The zero-order chi connectivity index (χ0) is 18.1. The Morgan fingerprint density at radius 3 is 2.62 bits per heavy atom. The Morgan fingerprint density at radius 2 is 2.08 bits per heavy atom. The molecule has 0 aliphatic heterocycles. The molecule has 0 amide bonds. The number of carbonyl (C=O) groups excluding carboxylic acids is 2. The summed E-state index contributed by atoms with van der Waals surface area (Å²) in [5.41, 5.74) is 0.252. The van der Waals surface area contributed by atoms with Gasteiger partial charge in [0.1, 0.15) is 5.82 Å². The summed E-state index contributed by atoms with van der Waals surface area (Å²) in [7, 11) is 0. The molecule has 24 heavy (non-hydrogen) atoms. The van der Waals surface area contributed by atoms with Gasteiger partial charge in [-0.05, 0) is 47.1 Å². The topological polar surface area (TPSA) is 106 Å². The van der Waals surface area contributed by atoms with E-state index in [4.69, 9.17) is 10.8 Å². The van der Waals surface area contributed by atoms with Gasteiger partial charge in [-0.3, -0.25) is 9.59 Å². The second-order valence-corrected chi connectivity index (χ2v) is 5.25. The normalized spacial score (nSPS) is 12.0. The van der Waals surface area contributed by atoms with Gasteiger partial charge in [0.25, 0.3) is 0 Å². The molecule has 1 aromatic carbocycles. The monoisotopic (exact) mass is 394 g/mol. The molecule has 0 saturated heterocycles. The van der Waals surface area contributed by atoms with Crippen LogP contribution in [-0.2, 0) is 4.79 Å². The number of halogens is 2.